The van der Waals surface area contributed by atoms with Crippen LogP contribution in [0.1, 0.15) is 59.2 Å². The lowest BCUT2D eigenvalue weighted by atomic mass is 9.74. The summed E-state index contributed by atoms with van der Waals surface area (Å²) in [6.45, 7) is 9.38. The molecule has 3 N–H and O–H groups in total. The van der Waals surface area contributed by atoms with Crippen molar-refractivity contribution in [1.82, 2.24) is 9.36 Å². The van der Waals surface area contributed by atoms with Gasteiger partial charge >= 0.3 is 0 Å². The minimum atomic E-state index is 0.00445. The van der Waals surface area contributed by atoms with Crippen molar-refractivity contribution in [3.8, 4) is 0 Å². The molecule has 19 heavy (non-hydrogen) atoms. The first-order chi connectivity index (χ1) is 8.87. The van der Waals surface area contributed by atoms with Crippen molar-refractivity contribution in [2.45, 2.75) is 64.3 Å². The Kier molecular flexibility index (Phi) is 4.16. The second-order valence-electron chi connectivity index (χ2n) is 6.81. The minimum absolute atomic E-state index is 0.00445. The smallest absolute Gasteiger partial charge is 0.203 e. The van der Waals surface area contributed by atoms with Crippen molar-refractivity contribution in [3.05, 3.63) is 5.82 Å². The number of aromatic nitrogens is 2. The molecule has 1 saturated carbocycles. The molecule has 1 aromatic heterocycles. The fourth-order valence-electron chi connectivity index (χ4n) is 2.75. The van der Waals surface area contributed by atoms with Crippen LogP contribution in [0.3, 0.4) is 0 Å². The molecule has 1 aromatic rings. The molecule has 0 amide bonds. The highest BCUT2D eigenvalue weighted by atomic mass is 32.1. The van der Waals surface area contributed by atoms with Crippen molar-refractivity contribution in [3.63, 3.8) is 0 Å². The highest BCUT2D eigenvalue weighted by molar-refractivity contribution is 7.09. The van der Waals surface area contributed by atoms with Crippen LogP contribution in [-0.4, -0.2) is 21.4 Å². The molecule has 1 aliphatic rings. The zero-order valence-electron chi connectivity index (χ0n) is 12.5. The second kappa shape index (κ2) is 5.37. The molecule has 5 heteroatoms. The largest absolute Gasteiger partial charge is 0.353 e. The van der Waals surface area contributed by atoms with Gasteiger partial charge in [-0.15, -0.1) is 0 Å². The summed E-state index contributed by atoms with van der Waals surface area (Å²) in [6.07, 6.45) is 4.94. The molecule has 2 unspecified atom stereocenters. The van der Waals surface area contributed by atoms with Gasteiger partial charge in [-0.25, -0.2) is 4.98 Å². The molecule has 2 atom stereocenters. The summed E-state index contributed by atoms with van der Waals surface area (Å²) in [7, 11) is 0. The number of rotatable bonds is 3. The molecule has 0 aromatic carbocycles. The maximum Gasteiger partial charge on any atom is 0.203 e. The molecule has 0 bridgehead atoms. The number of hydrogen-bond donors (Lipinski definition) is 2. The van der Waals surface area contributed by atoms with Crippen LogP contribution in [-0.2, 0) is 5.41 Å². The van der Waals surface area contributed by atoms with E-state index < -0.39 is 0 Å². The fourth-order valence-corrected chi connectivity index (χ4v) is 3.61. The first-order valence-corrected chi connectivity index (χ1v) is 7.97. The summed E-state index contributed by atoms with van der Waals surface area (Å²) in [5.41, 5.74) is 6.07. The van der Waals surface area contributed by atoms with E-state index in [1.807, 2.05) is 0 Å². The Morgan fingerprint density at radius 2 is 2.16 bits per heavy atom. The van der Waals surface area contributed by atoms with E-state index in [-0.39, 0.29) is 11.0 Å². The summed E-state index contributed by atoms with van der Waals surface area (Å²) >= 11 is 1.46. The zero-order chi connectivity index (χ0) is 14.1. The predicted octanol–water partition coefficient (Wildman–Crippen LogP) is 3.16. The third-order valence-electron chi connectivity index (χ3n) is 4.27. The van der Waals surface area contributed by atoms with Crippen molar-refractivity contribution in [2.75, 3.05) is 11.9 Å². The van der Waals surface area contributed by atoms with Gasteiger partial charge in [0.05, 0.1) is 5.54 Å². The molecule has 2 rings (SSSR count). The van der Waals surface area contributed by atoms with Crippen LogP contribution in [0.15, 0.2) is 0 Å². The highest BCUT2D eigenvalue weighted by Crippen LogP contribution is 2.36. The van der Waals surface area contributed by atoms with Gasteiger partial charge in [-0.2, -0.15) is 4.37 Å². The second-order valence-corrected chi connectivity index (χ2v) is 7.56. The Bertz CT molecular complexity index is 423. The third kappa shape index (κ3) is 3.08. The van der Waals surface area contributed by atoms with E-state index in [0.717, 1.165) is 17.4 Å². The lowest BCUT2D eigenvalue weighted by Gasteiger charge is -2.42. The molecular formula is C14H26N4S. The normalized spacial score (nSPS) is 28.4. The average molecular weight is 282 g/mol. The van der Waals surface area contributed by atoms with Gasteiger partial charge < -0.3 is 11.1 Å². The highest BCUT2D eigenvalue weighted by Gasteiger charge is 2.37. The third-order valence-corrected chi connectivity index (χ3v) is 4.90. The Morgan fingerprint density at radius 1 is 1.42 bits per heavy atom. The van der Waals surface area contributed by atoms with Crippen LogP contribution in [0.5, 0.6) is 0 Å². The van der Waals surface area contributed by atoms with Crippen molar-refractivity contribution in [1.29, 1.82) is 0 Å². The number of nitrogens with one attached hydrogen (secondary N) is 1. The molecule has 0 aliphatic heterocycles. The zero-order valence-corrected chi connectivity index (χ0v) is 13.3. The Balaban J connectivity index is 2.16. The number of nitrogens with two attached hydrogens (primary N) is 1. The van der Waals surface area contributed by atoms with Gasteiger partial charge in [0.2, 0.25) is 5.13 Å². The van der Waals surface area contributed by atoms with Crippen LogP contribution in [0, 0.1) is 5.92 Å². The molecule has 0 saturated heterocycles. The van der Waals surface area contributed by atoms with Gasteiger partial charge in [-0.1, -0.05) is 40.5 Å². The van der Waals surface area contributed by atoms with E-state index in [1.54, 1.807) is 0 Å². The number of anilines is 1. The molecule has 4 nitrogen and oxygen atoms in total. The molecule has 108 valence electrons. The van der Waals surface area contributed by atoms with Gasteiger partial charge in [0.1, 0.15) is 5.82 Å². The lowest BCUT2D eigenvalue weighted by molar-refractivity contribution is 0.235. The number of nitrogens with zero attached hydrogens (tertiary/aromatic N) is 2. The summed E-state index contributed by atoms with van der Waals surface area (Å²) in [5.74, 6) is 1.50. The van der Waals surface area contributed by atoms with E-state index in [1.165, 1.54) is 30.8 Å². The molecule has 0 radical (unpaired) electrons. The van der Waals surface area contributed by atoms with E-state index in [4.69, 9.17) is 5.73 Å². The van der Waals surface area contributed by atoms with Crippen LogP contribution in [0.2, 0.25) is 0 Å². The van der Waals surface area contributed by atoms with Crippen LogP contribution in [0.4, 0.5) is 5.13 Å². The minimum Gasteiger partial charge on any atom is -0.353 e. The van der Waals surface area contributed by atoms with Crippen LogP contribution < -0.4 is 11.1 Å². The first-order valence-electron chi connectivity index (χ1n) is 7.20. The van der Waals surface area contributed by atoms with E-state index in [9.17, 15) is 0 Å². The van der Waals surface area contributed by atoms with E-state index in [2.05, 4.69) is 42.4 Å². The summed E-state index contributed by atoms with van der Waals surface area (Å²) in [6, 6.07) is 0. The predicted molar refractivity (Wildman–Crippen MR) is 81.6 cm³/mol. The average Bonchev–Trinajstić information content (AvgIpc) is 2.80. The standard InChI is InChI=1S/C14H26N4S/c1-10-7-5-6-8-14(10,9-15)17-12-16-11(18-19-12)13(2,3)4/h10H,5-9,15H2,1-4H3,(H,16,17,18). The van der Waals surface area contributed by atoms with Crippen molar-refractivity contribution in [2.24, 2.45) is 11.7 Å². The van der Waals surface area contributed by atoms with Crippen LogP contribution >= 0.6 is 11.5 Å². The van der Waals surface area contributed by atoms with Gasteiger partial charge in [0.25, 0.3) is 0 Å². The quantitative estimate of drug-likeness (QED) is 0.894. The van der Waals surface area contributed by atoms with Gasteiger partial charge in [-0.05, 0) is 18.8 Å². The molecule has 0 spiro atoms. The molecular weight excluding hydrogens is 256 g/mol. The SMILES string of the molecule is CC1CCCCC1(CN)Nc1nc(C(C)(C)C)ns1. The lowest BCUT2D eigenvalue weighted by Crippen LogP contribution is -2.52. The fraction of sp³-hybridized carbons (Fsp3) is 0.857. The number of hydrogen-bond acceptors (Lipinski definition) is 5. The van der Waals surface area contributed by atoms with Crippen molar-refractivity contribution < 1.29 is 0 Å². The maximum atomic E-state index is 6.06. The maximum absolute atomic E-state index is 6.06. The van der Waals surface area contributed by atoms with Gasteiger partial charge in [0, 0.05) is 23.5 Å². The van der Waals surface area contributed by atoms with E-state index in [0.29, 0.717) is 12.5 Å². The summed E-state index contributed by atoms with van der Waals surface area (Å²) in [5, 5.41) is 4.53. The molecule has 1 heterocycles. The molecule has 1 aliphatic carbocycles. The van der Waals surface area contributed by atoms with Gasteiger partial charge in [-0.3, -0.25) is 0 Å². The van der Waals surface area contributed by atoms with E-state index >= 15 is 0 Å². The Labute approximate surface area is 120 Å². The summed E-state index contributed by atoms with van der Waals surface area (Å²) in [4.78, 5) is 4.64. The topological polar surface area (TPSA) is 63.8 Å². The van der Waals surface area contributed by atoms with Gasteiger partial charge in [0.15, 0.2) is 0 Å². The summed E-state index contributed by atoms with van der Waals surface area (Å²) < 4.78 is 4.47. The monoisotopic (exact) mass is 282 g/mol. The van der Waals surface area contributed by atoms with Crippen molar-refractivity contribution >= 4 is 16.7 Å². The Morgan fingerprint density at radius 3 is 2.68 bits per heavy atom. The van der Waals surface area contributed by atoms with Crippen LogP contribution in [0.25, 0.3) is 0 Å². The molecule has 1 fully saturated rings. The Hall–Kier alpha value is -0.680. The first kappa shape index (κ1) is 14.7.